The van der Waals surface area contributed by atoms with Crippen LogP contribution in [-0.2, 0) is 11.3 Å². The van der Waals surface area contributed by atoms with Crippen molar-refractivity contribution >= 4 is 0 Å². The van der Waals surface area contributed by atoms with Crippen LogP contribution in [0, 0.1) is 13.8 Å². The Morgan fingerprint density at radius 2 is 1.89 bits per heavy atom. The lowest BCUT2D eigenvalue weighted by Gasteiger charge is -2.09. The molecule has 0 spiro atoms. The maximum Gasteiger partial charge on any atom is 0.0518 e. The van der Waals surface area contributed by atoms with Crippen LogP contribution in [0.3, 0.4) is 0 Å². The Hall–Kier alpha value is -0.860. The number of unbranched alkanes of at least 4 members (excludes halogenated alkanes) is 1. The normalized spacial score (nSPS) is 11.2. The van der Waals surface area contributed by atoms with Gasteiger partial charge in [-0.25, -0.2) is 0 Å². The van der Waals surface area contributed by atoms with Crippen LogP contribution in [0.5, 0.6) is 0 Å². The Labute approximate surface area is 112 Å². The fraction of sp³-hybridized carbons (Fsp3) is 0.625. The van der Waals surface area contributed by atoms with Gasteiger partial charge in [0, 0.05) is 13.2 Å². The van der Waals surface area contributed by atoms with Gasteiger partial charge in [0.25, 0.3) is 0 Å². The number of hydrogen-bond acceptors (Lipinski definition) is 2. The molecule has 0 unspecified atom stereocenters. The average Bonchev–Trinajstić information content (AvgIpc) is 2.32. The summed E-state index contributed by atoms with van der Waals surface area (Å²) >= 11 is 0. The second kappa shape index (κ2) is 8.28. The van der Waals surface area contributed by atoms with Gasteiger partial charge in [0.1, 0.15) is 0 Å². The molecule has 18 heavy (non-hydrogen) atoms. The van der Waals surface area contributed by atoms with Gasteiger partial charge >= 0.3 is 0 Å². The Bertz CT molecular complexity index is 347. The zero-order chi connectivity index (χ0) is 13.4. The zero-order valence-corrected chi connectivity index (χ0v) is 12.3. The Morgan fingerprint density at radius 3 is 2.56 bits per heavy atom. The number of aryl methyl sites for hydroxylation is 2. The molecule has 1 aromatic carbocycles. The summed E-state index contributed by atoms with van der Waals surface area (Å²) in [6, 6.07) is 6.67. The summed E-state index contributed by atoms with van der Waals surface area (Å²) in [4.78, 5) is 0. The molecule has 2 heteroatoms. The summed E-state index contributed by atoms with van der Waals surface area (Å²) in [7, 11) is 0. The molecule has 0 aromatic heterocycles. The predicted octanol–water partition coefficient (Wildman–Crippen LogP) is 3.60. The smallest absolute Gasteiger partial charge is 0.0518 e. The Balaban J connectivity index is 2.09. The largest absolute Gasteiger partial charge is 0.379 e. The van der Waals surface area contributed by atoms with Crippen LogP contribution in [0.1, 0.15) is 43.4 Å². The zero-order valence-electron chi connectivity index (χ0n) is 12.3. The third kappa shape index (κ3) is 6.18. The second-order valence-electron chi connectivity index (χ2n) is 5.22. The van der Waals surface area contributed by atoms with Gasteiger partial charge in [-0.2, -0.15) is 0 Å². The molecule has 1 rings (SSSR count). The summed E-state index contributed by atoms with van der Waals surface area (Å²) in [5.41, 5.74) is 4.11. The van der Waals surface area contributed by atoms with E-state index in [-0.39, 0.29) is 0 Å². The highest BCUT2D eigenvalue weighted by molar-refractivity contribution is 5.29. The lowest BCUT2D eigenvalue weighted by molar-refractivity contribution is 0.0760. The summed E-state index contributed by atoms with van der Waals surface area (Å²) in [5.74, 6) is 0. The summed E-state index contributed by atoms with van der Waals surface area (Å²) in [6.45, 7) is 11.4. The van der Waals surface area contributed by atoms with Gasteiger partial charge in [0.05, 0.1) is 6.10 Å². The first-order valence-corrected chi connectivity index (χ1v) is 6.98. The minimum atomic E-state index is 0.355. The first-order valence-electron chi connectivity index (χ1n) is 6.98. The molecule has 0 aliphatic heterocycles. The van der Waals surface area contributed by atoms with Crippen molar-refractivity contribution in [3.63, 3.8) is 0 Å². The molecule has 0 atom stereocenters. The molecular weight excluding hydrogens is 222 g/mol. The van der Waals surface area contributed by atoms with Crippen LogP contribution in [-0.4, -0.2) is 19.3 Å². The van der Waals surface area contributed by atoms with Gasteiger partial charge < -0.3 is 10.1 Å². The molecule has 0 bridgehead atoms. The molecule has 0 saturated heterocycles. The standard InChI is InChI=1S/C16H27NO/c1-13(2)18-10-6-5-9-17-12-16-8-7-14(3)15(4)11-16/h7-8,11,13,17H,5-6,9-10,12H2,1-4H3. The van der Waals surface area contributed by atoms with Gasteiger partial charge in [0.2, 0.25) is 0 Å². The van der Waals surface area contributed by atoms with E-state index < -0.39 is 0 Å². The Morgan fingerprint density at radius 1 is 1.11 bits per heavy atom. The van der Waals surface area contributed by atoms with Gasteiger partial charge in [-0.1, -0.05) is 18.2 Å². The maximum absolute atomic E-state index is 5.51. The lowest BCUT2D eigenvalue weighted by Crippen LogP contribution is -2.15. The van der Waals surface area contributed by atoms with Crippen LogP contribution < -0.4 is 5.32 Å². The van der Waals surface area contributed by atoms with Crippen molar-refractivity contribution in [1.82, 2.24) is 5.32 Å². The second-order valence-corrected chi connectivity index (χ2v) is 5.22. The maximum atomic E-state index is 5.51. The molecular formula is C16H27NO. The van der Waals surface area contributed by atoms with E-state index >= 15 is 0 Å². The van der Waals surface area contributed by atoms with Crippen LogP contribution in [0.15, 0.2) is 18.2 Å². The van der Waals surface area contributed by atoms with Crippen molar-refractivity contribution in [2.75, 3.05) is 13.2 Å². The number of benzene rings is 1. The van der Waals surface area contributed by atoms with Gasteiger partial charge in [-0.05, 0) is 63.8 Å². The molecule has 0 radical (unpaired) electrons. The third-order valence-corrected chi connectivity index (χ3v) is 3.10. The summed E-state index contributed by atoms with van der Waals surface area (Å²) in [6.07, 6.45) is 2.67. The van der Waals surface area contributed by atoms with Gasteiger partial charge in [0.15, 0.2) is 0 Å². The van der Waals surface area contributed by atoms with Crippen LogP contribution in [0.4, 0.5) is 0 Å². The van der Waals surface area contributed by atoms with Crippen molar-refractivity contribution in [3.8, 4) is 0 Å². The average molecular weight is 249 g/mol. The molecule has 1 aromatic rings. The fourth-order valence-corrected chi connectivity index (χ4v) is 1.82. The van der Waals surface area contributed by atoms with E-state index in [2.05, 4.69) is 51.2 Å². The predicted molar refractivity (Wildman–Crippen MR) is 77.9 cm³/mol. The molecule has 0 heterocycles. The molecule has 0 amide bonds. The highest BCUT2D eigenvalue weighted by Crippen LogP contribution is 2.09. The van der Waals surface area contributed by atoms with Crippen LogP contribution in [0.25, 0.3) is 0 Å². The molecule has 0 aliphatic carbocycles. The SMILES string of the molecule is Cc1ccc(CNCCCCOC(C)C)cc1C. The van der Waals surface area contributed by atoms with E-state index in [1.807, 2.05) is 0 Å². The minimum Gasteiger partial charge on any atom is -0.379 e. The highest BCUT2D eigenvalue weighted by atomic mass is 16.5. The van der Waals surface area contributed by atoms with Crippen molar-refractivity contribution < 1.29 is 4.74 Å². The Kier molecular flexibility index (Phi) is 6.99. The quantitative estimate of drug-likeness (QED) is 0.711. The number of ether oxygens (including phenoxy) is 1. The number of hydrogen-bond donors (Lipinski definition) is 1. The van der Waals surface area contributed by atoms with E-state index in [0.717, 1.165) is 26.1 Å². The summed E-state index contributed by atoms with van der Waals surface area (Å²) in [5, 5.41) is 3.48. The monoisotopic (exact) mass is 249 g/mol. The number of rotatable bonds is 8. The van der Waals surface area contributed by atoms with E-state index in [1.165, 1.54) is 23.1 Å². The minimum absolute atomic E-state index is 0.355. The third-order valence-electron chi connectivity index (χ3n) is 3.10. The van der Waals surface area contributed by atoms with Crippen molar-refractivity contribution in [2.45, 2.75) is 53.2 Å². The molecule has 0 saturated carbocycles. The van der Waals surface area contributed by atoms with E-state index in [1.54, 1.807) is 0 Å². The molecule has 0 aliphatic rings. The van der Waals surface area contributed by atoms with E-state index in [4.69, 9.17) is 4.74 Å². The number of nitrogens with one attached hydrogen (secondary N) is 1. The molecule has 1 N–H and O–H groups in total. The van der Waals surface area contributed by atoms with Crippen molar-refractivity contribution in [3.05, 3.63) is 34.9 Å². The van der Waals surface area contributed by atoms with Crippen LogP contribution in [0.2, 0.25) is 0 Å². The highest BCUT2D eigenvalue weighted by Gasteiger charge is 1.97. The topological polar surface area (TPSA) is 21.3 Å². The van der Waals surface area contributed by atoms with Crippen LogP contribution >= 0.6 is 0 Å². The lowest BCUT2D eigenvalue weighted by atomic mass is 10.1. The summed E-state index contributed by atoms with van der Waals surface area (Å²) < 4.78 is 5.51. The van der Waals surface area contributed by atoms with E-state index in [9.17, 15) is 0 Å². The molecule has 102 valence electrons. The first kappa shape index (κ1) is 15.2. The molecule has 2 nitrogen and oxygen atoms in total. The first-order chi connectivity index (χ1) is 8.59. The fourth-order valence-electron chi connectivity index (χ4n) is 1.82. The van der Waals surface area contributed by atoms with Crippen molar-refractivity contribution in [1.29, 1.82) is 0 Å². The van der Waals surface area contributed by atoms with E-state index in [0.29, 0.717) is 6.10 Å². The van der Waals surface area contributed by atoms with Gasteiger partial charge in [-0.3, -0.25) is 0 Å². The molecule has 0 fully saturated rings. The van der Waals surface area contributed by atoms with Gasteiger partial charge in [-0.15, -0.1) is 0 Å². The van der Waals surface area contributed by atoms with Crippen molar-refractivity contribution in [2.24, 2.45) is 0 Å².